The molecule has 1 aliphatic heterocycles. The van der Waals surface area contributed by atoms with Crippen LogP contribution in [0.2, 0.25) is 0 Å². The third-order valence-corrected chi connectivity index (χ3v) is 4.65. The lowest BCUT2D eigenvalue weighted by Crippen LogP contribution is -2.23. The van der Waals surface area contributed by atoms with Gasteiger partial charge in [-0.1, -0.05) is 0 Å². The summed E-state index contributed by atoms with van der Waals surface area (Å²) in [7, 11) is 0. The molecule has 1 saturated carbocycles. The molecule has 2 fully saturated rings. The van der Waals surface area contributed by atoms with Gasteiger partial charge in [-0.05, 0) is 68.9 Å². The maximum absolute atomic E-state index is 5.91. The van der Waals surface area contributed by atoms with Gasteiger partial charge < -0.3 is 9.47 Å². The number of ether oxygens (including phenoxy) is 2. The molecule has 2 aliphatic rings. The van der Waals surface area contributed by atoms with E-state index in [2.05, 4.69) is 25.1 Å². The molecule has 2 aromatic rings. The summed E-state index contributed by atoms with van der Waals surface area (Å²) < 4.78 is 11.8. The quantitative estimate of drug-likeness (QED) is 0.836. The van der Waals surface area contributed by atoms with E-state index in [1.807, 2.05) is 13.8 Å². The van der Waals surface area contributed by atoms with Crippen LogP contribution in [0.1, 0.15) is 48.1 Å². The summed E-state index contributed by atoms with van der Waals surface area (Å²) >= 11 is 0. The van der Waals surface area contributed by atoms with Gasteiger partial charge in [-0.2, -0.15) is 0 Å². The molecule has 110 valence electrons. The van der Waals surface area contributed by atoms with Crippen molar-refractivity contribution in [1.29, 1.82) is 0 Å². The summed E-state index contributed by atoms with van der Waals surface area (Å²) in [6.45, 7) is 7.53. The predicted octanol–water partition coefficient (Wildman–Crippen LogP) is 3.95. The second-order valence-corrected chi connectivity index (χ2v) is 6.46. The highest BCUT2D eigenvalue weighted by Crippen LogP contribution is 2.44. The molecule has 1 saturated heterocycles. The van der Waals surface area contributed by atoms with Gasteiger partial charge in [0.2, 0.25) is 0 Å². The van der Waals surface area contributed by atoms with E-state index in [0.717, 1.165) is 16.8 Å². The zero-order chi connectivity index (χ0) is 14.6. The summed E-state index contributed by atoms with van der Waals surface area (Å²) in [6.07, 6.45) is 2.59. The Labute approximate surface area is 125 Å². The third-order valence-electron chi connectivity index (χ3n) is 4.65. The lowest BCUT2D eigenvalue weighted by Gasteiger charge is -2.25. The number of benzene rings is 1. The van der Waals surface area contributed by atoms with E-state index in [1.54, 1.807) is 0 Å². The lowest BCUT2D eigenvalue weighted by molar-refractivity contribution is -0.148. The second kappa shape index (κ2) is 4.52. The van der Waals surface area contributed by atoms with E-state index < -0.39 is 5.79 Å². The van der Waals surface area contributed by atoms with E-state index in [4.69, 9.17) is 14.5 Å². The minimum Gasteiger partial charge on any atom is -0.344 e. The molecular formula is C18H21NO2. The van der Waals surface area contributed by atoms with Crippen LogP contribution in [0.3, 0.4) is 0 Å². The minimum absolute atomic E-state index is 0.649. The molecule has 0 bridgehead atoms. The number of hydrogen-bond donors (Lipinski definition) is 0. The fourth-order valence-corrected chi connectivity index (χ4v) is 3.35. The lowest BCUT2D eigenvalue weighted by atomic mass is 9.95. The molecule has 0 N–H and O–H groups in total. The van der Waals surface area contributed by atoms with Crippen molar-refractivity contribution in [2.45, 2.75) is 45.3 Å². The first kappa shape index (κ1) is 13.2. The molecule has 0 unspecified atom stereocenters. The first-order valence-electron chi connectivity index (χ1n) is 7.77. The van der Waals surface area contributed by atoms with E-state index in [0.29, 0.717) is 19.1 Å². The fourth-order valence-electron chi connectivity index (χ4n) is 3.35. The number of fused-ring (bicyclic) bond motifs is 1. The number of aromatic nitrogens is 1. The largest absolute Gasteiger partial charge is 0.344 e. The summed E-state index contributed by atoms with van der Waals surface area (Å²) in [5.41, 5.74) is 5.85. The summed E-state index contributed by atoms with van der Waals surface area (Å²) in [5, 5.41) is 1.24. The van der Waals surface area contributed by atoms with Crippen molar-refractivity contribution < 1.29 is 9.47 Å². The second-order valence-electron chi connectivity index (χ2n) is 6.46. The Kier molecular flexibility index (Phi) is 2.85. The SMILES string of the molecule is Cc1cc(C)c2cc(C3CC3)cc(C3(C)OCCO3)c2n1. The van der Waals surface area contributed by atoms with Crippen molar-refractivity contribution >= 4 is 10.9 Å². The molecule has 0 radical (unpaired) electrons. The van der Waals surface area contributed by atoms with Gasteiger partial charge in [-0.3, -0.25) is 4.98 Å². The highest BCUT2D eigenvalue weighted by molar-refractivity contribution is 5.86. The molecular weight excluding hydrogens is 262 g/mol. The number of hydrogen-bond acceptors (Lipinski definition) is 3. The molecule has 21 heavy (non-hydrogen) atoms. The van der Waals surface area contributed by atoms with Gasteiger partial charge >= 0.3 is 0 Å². The Morgan fingerprint density at radius 3 is 2.48 bits per heavy atom. The molecule has 1 aromatic carbocycles. The highest BCUT2D eigenvalue weighted by atomic mass is 16.7. The van der Waals surface area contributed by atoms with Crippen molar-refractivity contribution in [1.82, 2.24) is 4.98 Å². The number of rotatable bonds is 2. The monoisotopic (exact) mass is 283 g/mol. The average Bonchev–Trinajstić information content (AvgIpc) is 3.20. The number of aryl methyl sites for hydroxylation is 2. The summed E-state index contributed by atoms with van der Waals surface area (Å²) in [6, 6.07) is 6.73. The van der Waals surface area contributed by atoms with Crippen LogP contribution in [-0.4, -0.2) is 18.2 Å². The molecule has 4 rings (SSSR count). The molecule has 3 nitrogen and oxygen atoms in total. The van der Waals surface area contributed by atoms with Crippen molar-refractivity contribution in [2.75, 3.05) is 13.2 Å². The van der Waals surface area contributed by atoms with Crippen molar-refractivity contribution in [3.05, 3.63) is 40.6 Å². The Bertz CT molecular complexity index is 713. The number of pyridine rings is 1. The smallest absolute Gasteiger partial charge is 0.194 e. The van der Waals surface area contributed by atoms with Gasteiger partial charge in [-0.15, -0.1) is 0 Å². The van der Waals surface area contributed by atoms with Crippen LogP contribution >= 0.6 is 0 Å². The van der Waals surface area contributed by atoms with Crippen LogP contribution in [0, 0.1) is 13.8 Å². The maximum Gasteiger partial charge on any atom is 0.194 e. The van der Waals surface area contributed by atoms with E-state index >= 15 is 0 Å². The van der Waals surface area contributed by atoms with Crippen LogP contribution in [0.15, 0.2) is 18.2 Å². The van der Waals surface area contributed by atoms with Gasteiger partial charge in [0.15, 0.2) is 5.79 Å². The van der Waals surface area contributed by atoms with Gasteiger partial charge in [-0.25, -0.2) is 0 Å². The zero-order valence-corrected chi connectivity index (χ0v) is 12.9. The summed E-state index contributed by atoms with van der Waals surface area (Å²) in [4.78, 5) is 4.79. The molecule has 0 atom stereocenters. The van der Waals surface area contributed by atoms with E-state index in [-0.39, 0.29) is 0 Å². The topological polar surface area (TPSA) is 31.4 Å². The summed E-state index contributed by atoms with van der Waals surface area (Å²) in [5.74, 6) is 0.0509. The van der Waals surface area contributed by atoms with E-state index in [9.17, 15) is 0 Å². The maximum atomic E-state index is 5.91. The van der Waals surface area contributed by atoms with Gasteiger partial charge in [0.05, 0.1) is 18.7 Å². The molecule has 1 aliphatic carbocycles. The van der Waals surface area contributed by atoms with Gasteiger partial charge in [0.1, 0.15) is 0 Å². The van der Waals surface area contributed by atoms with Gasteiger partial charge in [0.25, 0.3) is 0 Å². The highest BCUT2D eigenvalue weighted by Gasteiger charge is 2.37. The first-order chi connectivity index (χ1) is 10.1. The molecule has 2 heterocycles. The Morgan fingerprint density at radius 1 is 1.10 bits per heavy atom. The third kappa shape index (κ3) is 2.16. The van der Waals surface area contributed by atoms with Gasteiger partial charge in [0, 0.05) is 16.6 Å². The molecule has 1 aromatic heterocycles. The van der Waals surface area contributed by atoms with Crippen LogP contribution in [0.4, 0.5) is 0 Å². The first-order valence-corrected chi connectivity index (χ1v) is 7.77. The van der Waals surface area contributed by atoms with Crippen LogP contribution in [0.25, 0.3) is 10.9 Å². The van der Waals surface area contributed by atoms with Crippen LogP contribution < -0.4 is 0 Å². The zero-order valence-electron chi connectivity index (χ0n) is 12.9. The van der Waals surface area contributed by atoms with Crippen LogP contribution in [-0.2, 0) is 15.3 Å². The average molecular weight is 283 g/mol. The Balaban J connectivity index is 2.01. The normalized spacial score (nSPS) is 21.1. The van der Waals surface area contributed by atoms with Crippen LogP contribution in [0.5, 0.6) is 0 Å². The fraction of sp³-hybridized carbons (Fsp3) is 0.500. The Hall–Kier alpha value is -1.45. The predicted molar refractivity (Wildman–Crippen MR) is 82.4 cm³/mol. The van der Waals surface area contributed by atoms with Crippen molar-refractivity contribution in [2.24, 2.45) is 0 Å². The molecule has 0 amide bonds. The standard InChI is InChI=1S/C18H21NO2/c1-11-8-12(2)19-17-15(11)9-14(13-4-5-13)10-16(17)18(3)20-6-7-21-18/h8-10,13H,4-7H2,1-3H3. The Morgan fingerprint density at radius 2 is 1.81 bits per heavy atom. The molecule has 3 heteroatoms. The van der Waals surface area contributed by atoms with E-state index in [1.165, 1.54) is 29.4 Å². The van der Waals surface area contributed by atoms with Crippen molar-refractivity contribution in [3.8, 4) is 0 Å². The minimum atomic E-state index is -0.656. The van der Waals surface area contributed by atoms with Crippen molar-refractivity contribution in [3.63, 3.8) is 0 Å². The molecule has 0 spiro atoms. The number of nitrogens with zero attached hydrogens (tertiary/aromatic N) is 1.